The fourth-order valence-corrected chi connectivity index (χ4v) is 2.57. The Morgan fingerprint density at radius 1 is 0.958 bits per heavy atom. The molecule has 24 heavy (non-hydrogen) atoms. The first-order valence-corrected chi connectivity index (χ1v) is 8.26. The topological polar surface area (TPSA) is 27.7 Å². The largest absolute Gasteiger partial charge is 0.573 e. The molecule has 0 heterocycles. The molecular formula is C17H20F4O3. The minimum Gasteiger partial charge on any atom is -0.490 e. The van der Waals surface area contributed by atoms with Crippen molar-refractivity contribution in [3.8, 4) is 17.2 Å². The highest BCUT2D eigenvalue weighted by atomic mass is 19.4. The molecule has 1 aromatic carbocycles. The molecule has 0 atom stereocenters. The van der Waals surface area contributed by atoms with E-state index in [2.05, 4.69) is 4.74 Å². The van der Waals surface area contributed by atoms with E-state index in [4.69, 9.17) is 9.47 Å². The number of rotatable bonds is 8. The number of alkyl halides is 3. The summed E-state index contributed by atoms with van der Waals surface area (Å²) in [5.41, 5.74) is 0. The molecule has 3 rings (SSSR count). The molecule has 1 aromatic rings. The van der Waals surface area contributed by atoms with E-state index in [0.29, 0.717) is 11.8 Å². The van der Waals surface area contributed by atoms with Crippen molar-refractivity contribution >= 4 is 0 Å². The van der Waals surface area contributed by atoms with Gasteiger partial charge in [-0.25, -0.2) is 0 Å². The summed E-state index contributed by atoms with van der Waals surface area (Å²) in [6, 6.07) is 2.57. The van der Waals surface area contributed by atoms with Crippen LogP contribution in [-0.2, 0) is 0 Å². The monoisotopic (exact) mass is 348 g/mol. The van der Waals surface area contributed by atoms with Crippen LogP contribution in [0, 0.1) is 17.7 Å². The lowest BCUT2D eigenvalue weighted by molar-refractivity contribution is -0.276. The standard InChI is InChI=1S/C17H20F4O3/c18-15-13(22-9-8-11-4-5-11)6-7-14(16(15)24-17(19,20)21)23-10-12-2-1-3-12/h6-7,11-12H,1-5,8-10H2. The van der Waals surface area contributed by atoms with Gasteiger partial charge in [0.05, 0.1) is 13.2 Å². The average molecular weight is 348 g/mol. The fourth-order valence-electron chi connectivity index (χ4n) is 2.57. The molecule has 0 radical (unpaired) electrons. The van der Waals surface area contributed by atoms with Crippen LogP contribution in [0.5, 0.6) is 17.2 Å². The van der Waals surface area contributed by atoms with Gasteiger partial charge < -0.3 is 14.2 Å². The molecule has 2 fully saturated rings. The minimum atomic E-state index is -5.00. The van der Waals surface area contributed by atoms with Gasteiger partial charge in [0.25, 0.3) is 0 Å². The first-order chi connectivity index (χ1) is 11.4. The Kier molecular flexibility index (Phi) is 5.06. The number of hydrogen-bond donors (Lipinski definition) is 0. The van der Waals surface area contributed by atoms with Gasteiger partial charge in [-0.2, -0.15) is 4.39 Å². The predicted molar refractivity (Wildman–Crippen MR) is 78.8 cm³/mol. The second-order valence-corrected chi connectivity index (χ2v) is 6.44. The fraction of sp³-hybridized carbons (Fsp3) is 0.647. The minimum absolute atomic E-state index is 0.244. The van der Waals surface area contributed by atoms with Crippen molar-refractivity contribution in [1.29, 1.82) is 0 Å². The van der Waals surface area contributed by atoms with Crippen molar-refractivity contribution in [3.63, 3.8) is 0 Å². The molecule has 0 N–H and O–H groups in total. The molecule has 0 aromatic heterocycles. The molecule has 0 saturated heterocycles. The summed E-state index contributed by atoms with van der Waals surface area (Å²) in [5.74, 6) is -1.72. The predicted octanol–water partition coefficient (Wildman–Crippen LogP) is 5.08. The third kappa shape index (κ3) is 4.68. The lowest BCUT2D eigenvalue weighted by Gasteiger charge is -2.26. The van der Waals surface area contributed by atoms with Crippen molar-refractivity contribution in [2.45, 2.75) is 44.9 Å². The molecule has 3 nitrogen and oxygen atoms in total. The first-order valence-electron chi connectivity index (χ1n) is 8.26. The zero-order valence-electron chi connectivity index (χ0n) is 13.2. The van der Waals surface area contributed by atoms with Crippen LogP contribution in [0.15, 0.2) is 12.1 Å². The molecule has 0 bridgehead atoms. The van der Waals surface area contributed by atoms with Crippen LogP contribution in [0.3, 0.4) is 0 Å². The maximum atomic E-state index is 14.4. The highest BCUT2D eigenvalue weighted by Crippen LogP contribution is 2.40. The summed E-state index contributed by atoms with van der Waals surface area (Å²) in [7, 11) is 0. The maximum absolute atomic E-state index is 14.4. The lowest BCUT2D eigenvalue weighted by atomic mass is 9.86. The normalized spacial score (nSPS) is 18.2. The molecular weight excluding hydrogens is 328 g/mol. The Bertz CT molecular complexity index is 566. The summed E-state index contributed by atoms with van der Waals surface area (Å²) < 4.78 is 66.6. The van der Waals surface area contributed by atoms with E-state index < -0.39 is 17.9 Å². The van der Waals surface area contributed by atoms with Gasteiger partial charge in [0.2, 0.25) is 11.6 Å². The van der Waals surface area contributed by atoms with Crippen molar-refractivity contribution in [2.75, 3.05) is 13.2 Å². The average Bonchev–Trinajstić information content (AvgIpc) is 3.26. The van der Waals surface area contributed by atoms with Crippen molar-refractivity contribution < 1.29 is 31.8 Å². The number of benzene rings is 1. The molecule has 2 aliphatic rings. The van der Waals surface area contributed by atoms with E-state index in [1.807, 2.05) is 0 Å². The van der Waals surface area contributed by atoms with Crippen LogP contribution in [0.25, 0.3) is 0 Å². The van der Waals surface area contributed by atoms with Gasteiger partial charge in [-0.05, 0) is 43.2 Å². The van der Waals surface area contributed by atoms with E-state index in [-0.39, 0.29) is 24.7 Å². The third-order valence-electron chi connectivity index (χ3n) is 4.42. The van der Waals surface area contributed by atoms with Crippen molar-refractivity contribution in [1.82, 2.24) is 0 Å². The first kappa shape index (κ1) is 17.2. The maximum Gasteiger partial charge on any atom is 0.573 e. The molecule has 2 saturated carbocycles. The van der Waals surface area contributed by atoms with Crippen LogP contribution in [0.2, 0.25) is 0 Å². The van der Waals surface area contributed by atoms with Crippen LogP contribution in [-0.4, -0.2) is 19.6 Å². The van der Waals surface area contributed by atoms with Crippen molar-refractivity contribution in [3.05, 3.63) is 17.9 Å². The third-order valence-corrected chi connectivity index (χ3v) is 4.42. The SMILES string of the molecule is Fc1c(OCCC2CC2)ccc(OCC2CCC2)c1OC(F)(F)F. The smallest absolute Gasteiger partial charge is 0.490 e. The van der Waals surface area contributed by atoms with Crippen LogP contribution < -0.4 is 14.2 Å². The van der Waals surface area contributed by atoms with Crippen LogP contribution in [0.1, 0.15) is 38.5 Å². The molecule has 0 aliphatic heterocycles. The summed E-state index contributed by atoms with van der Waals surface area (Å²) in [6.07, 6.45) is 1.06. The van der Waals surface area contributed by atoms with Gasteiger partial charge in [0.1, 0.15) is 0 Å². The van der Waals surface area contributed by atoms with Gasteiger partial charge in [0, 0.05) is 0 Å². The number of hydrogen-bond acceptors (Lipinski definition) is 3. The summed E-state index contributed by atoms with van der Waals surface area (Å²) in [6.45, 7) is 0.533. The quantitative estimate of drug-likeness (QED) is 0.613. The second kappa shape index (κ2) is 7.07. The highest BCUT2D eigenvalue weighted by Gasteiger charge is 2.35. The molecule has 7 heteroatoms. The van der Waals surface area contributed by atoms with Gasteiger partial charge in [-0.1, -0.05) is 19.3 Å². The Morgan fingerprint density at radius 3 is 2.25 bits per heavy atom. The Morgan fingerprint density at radius 2 is 1.67 bits per heavy atom. The summed E-state index contributed by atoms with van der Waals surface area (Å²) in [5, 5.41) is 0. The molecule has 0 amide bonds. The van der Waals surface area contributed by atoms with Crippen LogP contribution >= 0.6 is 0 Å². The van der Waals surface area contributed by atoms with E-state index in [1.54, 1.807) is 0 Å². The van der Waals surface area contributed by atoms with Gasteiger partial charge >= 0.3 is 6.36 Å². The zero-order chi connectivity index (χ0) is 17.2. The zero-order valence-corrected chi connectivity index (χ0v) is 13.2. The van der Waals surface area contributed by atoms with Gasteiger partial charge in [0.15, 0.2) is 11.5 Å². The highest BCUT2D eigenvalue weighted by molar-refractivity contribution is 5.47. The molecule has 2 aliphatic carbocycles. The van der Waals surface area contributed by atoms with Gasteiger partial charge in [-0.15, -0.1) is 13.2 Å². The Hall–Kier alpha value is -1.66. The van der Waals surface area contributed by atoms with Gasteiger partial charge in [-0.3, -0.25) is 0 Å². The van der Waals surface area contributed by atoms with Crippen LogP contribution in [0.4, 0.5) is 17.6 Å². The van der Waals surface area contributed by atoms with E-state index in [9.17, 15) is 17.6 Å². The molecule has 0 spiro atoms. The summed E-state index contributed by atoms with van der Waals surface area (Å²) in [4.78, 5) is 0. The number of ether oxygens (including phenoxy) is 3. The second-order valence-electron chi connectivity index (χ2n) is 6.44. The summed E-state index contributed by atoms with van der Waals surface area (Å²) >= 11 is 0. The van der Waals surface area contributed by atoms with E-state index in [1.165, 1.54) is 12.1 Å². The van der Waals surface area contributed by atoms with E-state index in [0.717, 1.165) is 38.5 Å². The van der Waals surface area contributed by atoms with Crippen molar-refractivity contribution in [2.24, 2.45) is 11.8 Å². The number of halogens is 4. The Balaban J connectivity index is 1.71. The lowest BCUT2D eigenvalue weighted by Crippen LogP contribution is -2.22. The Labute approximate surface area is 137 Å². The molecule has 0 unspecified atom stereocenters. The molecule has 134 valence electrons. The van der Waals surface area contributed by atoms with E-state index >= 15 is 0 Å².